The van der Waals surface area contributed by atoms with Gasteiger partial charge in [0.2, 0.25) is 0 Å². The zero-order chi connectivity index (χ0) is 12.8. The van der Waals surface area contributed by atoms with Gasteiger partial charge < -0.3 is 15.2 Å². The lowest BCUT2D eigenvalue weighted by Crippen LogP contribution is -2.21. The van der Waals surface area contributed by atoms with Crippen LogP contribution in [0.5, 0.6) is 0 Å². The molecule has 0 amide bonds. The molecule has 96 valence electrons. The molecule has 0 aliphatic carbocycles. The van der Waals surface area contributed by atoms with Crippen LogP contribution in [-0.4, -0.2) is 26.9 Å². The molecule has 17 heavy (non-hydrogen) atoms. The molecule has 0 aliphatic heterocycles. The highest BCUT2D eigenvalue weighted by Crippen LogP contribution is 2.25. The van der Waals surface area contributed by atoms with E-state index in [1.807, 2.05) is 0 Å². The van der Waals surface area contributed by atoms with Gasteiger partial charge in [-0.1, -0.05) is 0 Å². The molecule has 0 bridgehead atoms. The van der Waals surface area contributed by atoms with Crippen molar-refractivity contribution in [3.05, 3.63) is 33.8 Å². The minimum atomic E-state index is -0.843. The lowest BCUT2D eigenvalue weighted by atomic mass is 10.1. The van der Waals surface area contributed by atoms with E-state index >= 15 is 0 Å². The van der Waals surface area contributed by atoms with Crippen molar-refractivity contribution in [2.45, 2.75) is 6.04 Å². The minimum Gasteiger partial charge on any atom is -0.382 e. The molecule has 1 unspecified atom stereocenters. The second-order valence-corrected chi connectivity index (χ2v) is 4.29. The molecule has 1 rings (SSSR count). The largest absolute Gasteiger partial charge is 0.382 e. The molecular formula is C11H14BrF2NO2. The first-order valence-corrected chi connectivity index (χ1v) is 5.83. The Kier molecular flexibility index (Phi) is 5.97. The van der Waals surface area contributed by atoms with E-state index in [2.05, 4.69) is 15.9 Å². The minimum absolute atomic E-state index is 0.0354. The summed E-state index contributed by atoms with van der Waals surface area (Å²) < 4.78 is 37.2. The van der Waals surface area contributed by atoms with E-state index < -0.39 is 17.7 Å². The molecule has 0 radical (unpaired) electrons. The molecule has 0 saturated carbocycles. The van der Waals surface area contributed by atoms with Gasteiger partial charge in [-0.2, -0.15) is 0 Å². The second kappa shape index (κ2) is 7.00. The number of methoxy groups -OCH3 is 1. The molecule has 1 aromatic carbocycles. The molecule has 1 aromatic rings. The van der Waals surface area contributed by atoms with Crippen LogP contribution in [0.15, 0.2) is 16.6 Å². The van der Waals surface area contributed by atoms with Gasteiger partial charge in [0.1, 0.15) is 11.6 Å². The average Bonchev–Trinajstić information content (AvgIpc) is 2.30. The van der Waals surface area contributed by atoms with Crippen LogP contribution in [0.25, 0.3) is 0 Å². The Morgan fingerprint density at radius 3 is 2.71 bits per heavy atom. The first-order valence-electron chi connectivity index (χ1n) is 5.03. The molecule has 2 N–H and O–H groups in total. The lowest BCUT2D eigenvalue weighted by molar-refractivity contribution is 0.0627. The van der Waals surface area contributed by atoms with E-state index in [4.69, 9.17) is 15.2 Å². The molecule has 6 heteroatoms. The molecule has 0 heterocycles. The van der Waals surface area contributed by atoms with Crippen molar-refractivity contribution in [3.63, 3.8) is 0 Å². The fourth-order valence-electron chi connectivity index (χ4n) is 1.32. The maximum Gasteiger partial charge on any atom is 0.145 e. The van der Waals surface area contributed by atoms with Gasteiger partial charge in [0, 0.05) is 12.7 Å². The molecule has 0 saturated heterocycles. The third-order valence-corrected chi connectivity index (χ3v) is 2.79. The van der Waals surface area contributed by atoms with Crippen molar-refractivity contribution >= 4 is 15.9 Å². The van der Waals surface area contributed by atoms with E-state index in [1.54, 1.807) is 0 Å². The first-order chi connectivity index (χ1) is 8.07. The second-order valence-electron chi connectivity index (χ2n) is 3.43. The number of rotatable bonds is 6. The fourth-order valence-corrected chi connectivity index (χ4v) is 1.66. The van der Waals surface area contributed by atoms with Crippen LogP contribution >= 0.6 is 15.9 Å². The highest BCUT2D eigenvalue weighted by atomic mass is 79.9. The van der Waals surface area contributed by atoms with E-state index in [-0.39, 0.29) is 16.6 Å². The highest BCUT2D eigenvalue weighted by Gasteiger charge is 2.19. The highest BCUT2D eigenvalue weighted by molar-refractivity contribution is 9.10. The Morgan fingerprint density at radius 2 is 2.06 bits per heavy atom. The van der Waals surface area contributed by atoms with Crippen molar-refractivity contribution in [1.82, 2.24) is 0 Å². The average molecular weight is 310 g/mol. The smallest absolute Gasteiger partial charge is 0.145 e. The number of hydrogen-bond donors (Lipinski definition) is 1. The van der Waals surface area contributed by atoms with Gasteiger partial charge in [-0.05, 0) is 28.1 Å². The molecule has 0 aromatic heterocycles. The Bertz CT molecular complexity index is 377. The third-order valence-electron chi connectivity index (χ3n) is 2.18. The summed E-state index contributed by atoms with van der Waals surface area (Å²) in [5, 5.41) is 0. The number of benzene rings is 1. The van der Waals surface area contributed by atoms with Crippen LogP contribution in [0.2, 0.25) is 0 Å². The maximum atomic E-state index is 13.6. The van der Waals surface area contributed by atoms with Gasteiger partial charge in [-0.3, -0.25) is 0 Å². The molecule has 1 atom stereocenters. The van der Waals surface area contributed by atoms with Crippen LogP contribution in [0.4, 0.5) is 8.78 Å². The van der Waals surface area contributed by atoms with E-state index in [9.17, 15) is 8.78 Å². The standard InChI is InChI=1S/C11H14BrF2NO2/c1-16-4-5-17-6-9(15)10-8(13)3-2-7(12)11(10)14/h2-3,9H,4-6,15H2,1H3. The van der Waals surface area contributed by atoms with Gasteiger partial charge >= 0.3 is 0 Å². The number of ether oxygens (including phenoxy) is 2. The fraction of sp³-hybridized carbons (Fsp3) is 0.455. The summed E-state index contributed by atoms with van der Waals surface area (Å²) in [6.45, 7) is 0.783. The van der Waals surface area contributed by atoms with Crippen LogP contribution < -0.4 is 5.73 Å². The third kappa shape index (κ3) is 3.99. The normalized spacial score (nSPS) is 12.8. The van der Waals surface area contributed by atoms with Gasteiger partial charge in [0.15, 0.2) is 0 Å². The first kappa shape index (κ1) is 14.5. The Labute approximate surface area is 107 Å². The van der Waals surface area contributed by atoms with Crippen LogP contribution in [0.1, 0.15) is 11.6 Å². The molecule has 0 spiro atoms. The van der Waals surface area contributed by atoms with Crippen LogP contribution in [0.3, 0.4) is 0 Å². The van der Waals surface area contributed by atoms with Gasteiger partial charge in [-0.15, -0.1) is 0 Å². The van der Waals surface area contributed by atoms with Crippen LogP contribution in [0, 0.1) is 11.6 Å². The Morgan fingerprint density at radius 1 is 1.35 bits per heavy atom. The van der Waals surface area contributed by atoms with Crippen LogP contribution in [-0.2, 0) is 9.47 Å². The lowest BCUT2D eigenvalue weighted by Gasteiger charge is -2.14. The quantitative estimate of drug-likeness (QED) is 0.648. The van der Waals surface area contributed by atoms with Gasteiger partial charge in [0.25, 0.3) is 0 Å². The summed E-state index contributed by atoms with van der Waals surface area (Å²) in [7, 11) is 1.54. The topological polar surface area (TPSA) is 44.5 Å². The summed E-state index contributed by atoms with van der Waals surface area (Å²) in [6.07, 6.45) is 0. The van der Waals surface area contributed by atoms with E-state index in [0.717, 1.165) is 6.07 Å². The zero-order valence-electron chi connectivity index (χ0n) is 9.38. The van der Waals surface area contributed by atoms with Crippen molar-refractivity contribution in [2.75, 3.05) is 26.9 Å². The Hall–Kier alpha value is -0.560. The predicted molar refractivity (Wildman–Crippen MR) is 63.7 cm³/mol. The molecule has 0 fully saturated rings. The molecule has 0 aliphatic rings. The number of hydrogen-bond acceptors (Lipinski definition) is 3. The van der Waals surface area contributed by atoms with Crippen molar-refractivity contribution in [1.29, 1.82) is 0 Å². The predicted octanol–water partition coefficient (Wildman–Crippen LogP) is 2.39. The summed E-state index contributed by atoms with van der Waals surface area (Å²) in [5.41, 5.74) is 5.51. The maximum absolute atomic E-state index is 13.6. The van der Waals surface area contributed by atoms with Crippen molar-refractivity contribution in [2.24, 2.45) is 5.73 Å². The van der Waals surface area contributed by atoms with Crippen molar-refractivity contribution < 1.29 is 18.3 Å². The van der Waals surface area contributed by atoms with E-state index in [1.165, 1.54) is 13.2 Å². The Balaban J connectivity index is 2.68. The summed E-state index contributed by atoms with van der Waals surface area (Å²) in [4.78, 5) is 0. The summed E-state index contributed by atoms with van der Waals surface area (Å²) in [5.74, 6) is -1.36. The number of nitrogens with two attached hydrogens (primary N) is 1. The molecular weight excluding hydrogens is 296 g/mol. The van der Waals surface area contributed by atoms with E-state index in [0.29, 0.717) is 13.2 Å². The number of halogens is 3. The SMILES string of the molecule is COCCOCC(N)c1c(F)ccc(Br)c1F. The molecule has 3 nitrogen and oxygen atoms in total. The summed E-state index contributed by atoms with van der Waals surface area (Å²) in [6, 6.07) is 1.62. The summed E-state index contributed by atoms with van der Waals surface area (Å²) >= 11 is 2.98. The van der Waals surface area contributed by atoms with Gasteiger partial charge in [-0.25, -0.2) is 8.78 Å². The van der Waals surface area contributed by atoms with Gasteiger partial charge in [0.05, 0.1) is 30.3 Å². The monoisotopic (exact) mass is 309 g/mol. The van der Waals surface area contributed by atoms with Crippen molar-refractivity contribution in [3.8, 4) is 0 Å². The zero-order valence-corrected chi connectivity index (χ0v) is 11.0.